The monoisotopic (exact) mass is 277 g/mol. The van der Waals surface area contributed by atoms with Crippen LogP contribution in [0.25, 0.3) is 0 Å². The molecule has 2 rings (SSSR count). The molecule has 0 saturated heterocycles. The molecule has 4 nitrogen and oxygen atoms in total. The van der Waals surface area contributed by atoms with Gasteiger partial charge in [-0.2, -0.15) is 0 Å². The van der Waals surface area contributed by atoms with E-state index in [0.717, 1.165) is 12.2 Å². The van der Waals surface area contributed by atoms with Crippen molar-refractivity contribution in [3.8, 4) is 0 Å². The van der Waals surface area contributed by atoms with Crippen molar-refractivity contribution >= 4 is 11.6 Å². The SMILES string of the molecule is OCCN(Cc1ccccc1)Cc1cnc(Cl)cn1. The summed E-state index contributed by atoms with van der Waals surface area (Å²) in [6.45, 7) is 2.12. The molecule has 0 atom stereocenters. The van der Waals surface area contributed by atoms with Crippen molar-refractivity contribution in [2.45, 2.75) is 13.1 Å². The lowest BCUT2D eigenvalue weighted by atomic mass is 10.2. The summed E-state index contributed by atoms with van der Waals surface area (Å²) in [6, 6.07) is 10.1. The van der Waals surface area contributed by atoms with Crippen LogP contribution in [0.15, 0.2) is 42.7 Å². The van der Waals surface area contributed by atoms with Gasteiger partial charge in [-0.3, -0.25) is 9.88 Å². The van der Waals surface area contributed by atoms with Gasteiger partial charge in [0.05, 0.1) is 24.7 Å². The first-order chi connectivity index (χ1) is 9.28. The lowest BCUT2D eigenvalue weighted by Gasteiger charge is -2.20. The zero-order valence-corrected chi connectivity index (χ0v) is 11.3. The highest BCUT2D eigenvalue weighted by Gasteiger charge is 2.07. The number of halogens is 1. The van der Waals surface area contributed by atoms with E-state index in [1.807, 2.05) is 18.2 Å². The summed E-state index contributed by atoms with van der Waals surface area (Å²) in [5.41, 5.74) is 2.05. The van der Waals surface area contributed by atoms with E-state index in [0.29, 0.717) is 18.2 Å². The van der Waals surface area contributed by atoms with Gasteiger partial charge >= 0.3 is 0 Å². The van der Waals surface area contributed by atoms with Gasteiger partial charge in [0.1, 0.15) is 5.15 Å². The second-order valence-corrected chi connectivity index (χ2v) is 4.64. The molecule has 0 bridgehead atoms. The van der Waals surface area contributed by atoms with Crippen LogP contribution in [0, 0.1) is 0 Å². The molecule has 0 saturated carbocycles. The highest BCUT2D eigenvalue weighted by Crippen LogP contribution is 2.09. The average Bonchev–Trinajstić information content (AvgIpc) is 2.43. The molecule has 1 N–H and O–H groups in total. The molecule has 0 unspecified atom stereocenters. The van der Waals surface area contributed by atoms with Gasteiger partial charge in [-0.25, -0.2) is 4.98 Å². The van der Waals surface area contributed by atoms with E-state index in [4.69, 9.17) is 16.7 Å². The van der Waals surface area contributed by atoms with E-state index in [1.54, 1.807) is 6.20 Å². The van der Waals surface area contributed by atoms with Crippen molar-refractivity contribution in [3.05, 3.63) is 59.1 Å². The minimum atomic E-state index is 0.119. The van der Waals surface area contributed by atoms with E-state index in [9.17, 15) is 0 Å². The number of aliphatic hydroxyl groups excluding tert-OH is 1. The minimum Gasteiger partial charge on any atom is -0.395 e. The van der Waals surface area contributed by atoms with Crippen LogP contribution in [0.4, 0.5) is 0 Å². The third kappa shape index (κ3) is 4.59. The maximum atomic E-state index is 9.14. The molecule has 0 fully saturated rings. The molecule has 100 valence electrons. The zero-order valence-electron chi connectivity index (χ0n) is 10.5. The molecule has 2 aromatic rings. The van der Waals surface area contributed by atoms with Crippen molar-refractivity contribution < 1.29 is 5.11 Å². The first-order valence-corrected chi connectivity index (χ1v) is 6.49. The lowest BCUT2D eigenvalue weighted by molar-refractivity contribution is 0.182. The van der Waals surface area contributed by atoms with Gasteiger partial charge in [0, 0.05) is 19.6 Å². The van der Waals surface area contributed by atoms with Crippen molar-refractivity contribution in [3.63, 3.8) is 0 Å². The maximum Gasteiger partial charge on any atom is 0.147 e. The predicted molar refractivity (Wildman–Crippen MR) is 74.7 cm³/mol. The van der Waals surface area contributed by atoms with Crippen LogP contribution in [0.1, 0.15) is 11.3 Å². The van der Waals surface area contributed by atoms with Crippen molar-refractivity contribution in [2.24, 2.45) is 0 Å². The van der Waals surface area contributed by atoms with Crippen LogP contribution >= 0.6 is 11.6 Å². The Morgan fingerprint density at radius 1 is 1.05 bits per heavy atom. The van der Waals surface area contributed by atoms with Crippen LogP contribution in [0.3, 0.4) is 0 Å². The lowest BCUT2D eigenvalue weighted by Crippen LogP contribution is -2.26. The van der Waals surface area contributed by atoms with Gasteiger partial charge in [-0.05, 0) is 5.56 Å². The van der Waals surface area contributed by atoms with E-state index in [-0.39, 0.29) is 6.61 Å². The Morgan fingerprint density at radius 2 is 1.84 bits per heavy atom. The largest absolute Gasteiger partial charge is 0.395 e. The number of aromatic nitrogens is 2. The van der Waals surface area contributed by atoms with Crippen molar-refractivity contribution in [1.82, 2.24) is 14.9 Å². The quantitative estimate of drug-likeness (QED) is 0.879. The smallest absolute Gasteiger partial charge is 0.147 e. The second-order valence-electron chi connectivity index (χ2n) is 4.25. The van der Waals surface area contributed by atoms with Gasteiger partial charge in [0.25, 0.3) is 0 Å². The topological polar surface area (TPSA) is 49.2 Å². The molecular formula is C14H16ClN3O. The van der Waals surface area contributed by atoms with Gasteiger partial charge in [0.2, 0.25) is 0 Å². The van der Waals surface area contributed by atoms with Gasteiger partial charge < -0.3 is 5.11 Å². The van der Waals surface area contributed by atoms with Crippen LogP contribution in [-0.4, -0.2) is 33.1 Å². The fraction of sp³-hybridized carbons (Fsp3) is 0.286. The molecule has 5 heteroatoms. The number of aliphatic hydroxyl groups is 1. The molecule has 1 aromatic heterocycles. The second kappa shape index (κ2) is 7.19. The Balaban J connectivity index is 2.01. The summed E-state index contributed by atoms with van der Waals surface area (Å²) in [7, 11) is 0. The summed E-state index contributed by atoms with van der Waals surface area (Å²) in [6.07, 6.45) is 3.20. The van der Waals surface area contributed by atoms with E-state index in [2.05, 4.69) is 27.0 Å². The van der Waals surface area contributed by atoms with Gasteiger partial charge in [-0.1, -0.05) is 41.9 Å². The Labute approximate surface area is 117 Å². The Kier molecular flexibility index (Phi) is 5.27. The zero-order chi connectivity index (χ0) is 13.5. The molecule has 0 amide bonds. The molecule has 0 spiro atoms. The Morgan fingerprint density at radius 3 is 2.47 bits per heavy atom. The van der Waals surface area contributed by atoms with Crippen LogP contribution < -0.4 is 0 Å². The summed E-state index contributed by atoms with van der Waals surface area (Å²) in [5, 5.41) is 9.53. The summed E-state index contributed by atoms with van der Waals surface area (Å²) in [5.74, 6) is 0. The summed E-state index contributed by atoms with van der Waals surface area (Å²) in [4.78, 5) is 10.4. The van der Waals surface area contributed by atoms with Crippen LogP contribution in [0.2, 0.25) is 5.15 Å². The molecular weight excluding hydrogens is 262 g/mol. The maximum absolute atomic E-state index is 9.14. The van der Waals surface area contributed by atoms with Crippen molar-refractivity contribution in [1.29, 1.82) is 0 Å². The highest BCUT2D eigenvalue weighted by atomic mass is 35.5. The molecule has 1 heterocycles. The first-order valence-electron chi connectivity index (χ1n) is 6.11. The fourth-order valence-electron chi connectivity index (χ4n) is 1.85. The molecule has 0 aliphatic carbocycles. The van der Waals surface area contributed by atoms with Crippen LogP contribution in [0.5, 0.6) is 0 Å². The molecule has 0 radical (unpaired) electrons. The number of rotatable bonds is 6. The third-order valence-corrected chi connectivity index (χ3v) is 2.92. The van der Waals surface area contributed by atoms with Gasteiger partial charge in [0.15, 0.2) is 0 Å². The standard InChI is InChI=1S/C14H16ClN3O/c15-14-9-16-13(8-17-14)11-18(6-7-19)10-12-4-2-1-3-5-12/h1-5,8-9,19H,6-7,10-11H2. The molecule has 0 aliphatic heterocycles. The number of benzene rings is 1. The number of hydrogen-bond donors (Lipinski definition) is 1. The van der Waals surface area contributed by atoms with E-state index < -0.39 is 0 Å². The minimum absolute atomic E-state index is 0.119. The summed E-state index contributed by atoms with van der Waals surface area (Å²) >= 11 is 5.71. The fourth-order valence-corrected chi connectivity index (χ4v) is 1.94. The van der Waals surface area contributed by atoms with Gasteiger partial charge in [-0.15, -0.1) is 0 Å². The molecule has 1 aromatic carbocycles. The highest BCUT2D eigenvalue weighted by molar-refractivity contribution is 6.29. The Bertz CT molecular complexity index is 490. The normalized spacial score (nSPS) is 10.9. The van der Waals surface area contributed by atoms with E-state index in [1.165, 1.54) is 11.8 Å². The predicted octanol–water partition coefficient (Wildman–Crippen LogP) is 2.12. The van der Waals surface area contributed by atoms with Crippen LogP contribution in [-0.2, 0) is 13.1 Å². The number of nitrogens with zero attached hydrogens (tertiary/aromatic N) is 3. The third-order valence-electron chi connectivity index (χ3n) is 2.72. The van der Waals surface area contributed by atoms with E-state index >= 15 is 0 Å². The Hall–Kier alpha value is -1.49. The average molecular weight is 278 g/mol. The molecule has 19 heavy (non-hydrogen) atoms. The number of hydrogen-bond acceptors (Lipinski definition) is 4. The summed E-state index contributed by atoms with van der Waals surface area (Å²) < 4.78 is 0. The van der Waals surface area contributed by atoms with Crippen molar-refractivity contribution in [2.75, 3.05) is 13.2 Å². The first kappa shape index (κ1) is 13.9. The molecule has 0 aliphatic rings.